The zero-order valence-corrected chi connectivity index (χ0v) is 12.7. The summed E-state index contributed by atoms with van der Waals surface area (Å²) in [5.74, 6) is 0.117. The van der Waals surface area contributed by atoms with Crippen LogP contribution in [-0.4, -0.2) is 12.9 Å². The molecule has 0 atom stereocenters. The molecule has 0 bridgehead atoms. The summed E-state index contributed by atoms with van der Waals surface area (Å²) in [5.41, 5.74) is 6.68. The Kier molecular flexibility index (Phi) is 4.43. The molecule has 6 heteroatoms. The number of carbonyl (C=O) groups is 1. The highest BCUT2D eigenvalue weighted by molar-refractivity contribution is 6.38. The largest absolute Gasteiger partial charge is 0.495 e. The molecule has 0 aromatic heterocycles. The molecule has 0 heterocycles. The van der Waals surface area contributed by atoms with E-state index >= 15 is 0 Å². The molecule has 0 amide bonds. The van der Waals surface area contributed by atoms with Gasteiger partial charge in [0, 0.05) is 17.2 Å². The van der Waals surface area contributed by atoms with Crippen LogP contribution in [0.2, 0.25) is 15.1 Å². The maximum absolute atomic E-state index is 12.4. The van der Waals surface area contributed by atoms with Crippen molar-refractivity contribution in [1.82, 2.24) is 0 Å². The van der Waals surface area contributed by atoms with Crippen molar-refractivity contribution in [3.05, 3.63) is 56.5 Å². The Morgan fingerprint density at radius 3 is 2.35 bits per heavy atom. The van der Waals surface area contributed by atoms with Crippen molar-refractivity contribution in [3.8, 4) is 5.75 Å². The molecule has 0 spiro atoms. The summed E-state index contributed by atoms with van der Waals surface area (Å²) in [7, 11) is 1.47. The van der Waals surface area contributed by atoms with E-state index in [-0.39, 0.29) is 16.4 Å². The van der Waals surface area contributed by atoms with E-state index in [1.807, 2.05) is 0 Å². The fourth-order valence-electron chi connectivity index (χ4n) is 1.70. The summed E-state index contributed by atoms with van der Waals surface area (Å²) < 4.78 is 5.04. The Hall–Kier alpha value is -1.42. The smallest absolute Gasteiger partial charge is 0.194 e. The molecule has 104 valence electrons. The van der Waals surface area contributed by atoms with Crippen molar-refractivity contribution < 1.29 is 9.53 Å². The normalized spacial score (nSPS) is 10.4. The van der Waals surface area contributed by atoms with Crippen LogP contribution in [0.1, 0.15) is 15.9 Å². The van der Waals surface area contributed by atoms with E-state index in [9.17, 15) is 4.79 Å². The van der Waals surface area contributed by atoms with Gasteiger partial charge in [-0.05, 0) is 24.3 Å². The first-order valence-corrected chi connectivity index (χ1v) is 6.70. The number of hydrogen-bond donors (Lipinski definition) is 1. The first-order chi connectivity index (χ1) is 9.43. The number of nitrogens with two attached hydrogens (primary N) is 1. The minimum atomic E-state index is -0.289. The molecule has 3 nitrogen and oxygen atoms in total. The van der Waals surface area contributed by atoms with Crippen molar-refractivity contribution in [2.45, 2.75) is 0 Å². The van der Waals surface area contributed by atoms with Crippen molar-refractivity contribution in [2.24, 2.45) is 0 Å². The predicted molar refractivity (Wildman–Crippen MR) is 82.3 cm³/mol. The van der Waals surface area contributed by atoms with Crippen LogP contribution >= 0.6 is 34.8 Å². The van der Waals surface area contributed by atoms with Gasteiger partial charge < -0.3 is 10.5 Å². The molecule has 2 aromatic carbocycles. The number of ketones is 1. The van der Waals surface area contributed by atoms with E-state index < -0.39 is 0 Å². The van der Waals surface area contributed by atoms with Crippen LogP contribution in [0, 0.1) is 0 Å². The van der Waals surface area contributed by atoms with Gasteiger partial charge in [0.05, 0.1) is 27.9 Å². The van der Waals surface area contributed by atoms with Gasteiger partial charge in [-0.3, -0.25) is 4.79 Å². The first-order valence-electron chi connectivity index (χ1n) is 5.56. The number of methoxy groups -OCH3 is 1. The van der Waals surface area contributed by atoms with Crippen LogP contribution in [0.4, 0.5) is 5.69 Å². The van der Waals surface area contributed by atoms with Gasteiger partial charge in [0.25, 0.3) is 0 Å². The van der Waals surface area contributed by atoms with Gasteiger partial charge in [-0.25, -0.2) is 0 Å². The van der Waals surface area contributed by atoms with Crippen LogP contribution in [-0.2, 0) is 0 Å². The molecule has 0 radical (unpaired) electrons. The summed E-state index contributed by atoms with van der Waals surface area (Å²) in [6.45, 7) is 0. The van der Waals surface area contributed by atoms with Crippen molar-refractivity contribution in [3.63, 3.8) is 0 Å². The summed E-state index contributed by atoms with van der Waals surface area (Å²) in [5, 5.41) is 0.951. The average molecular weight is 331 g/mol. The SMILES string of the molecule is COc1cc(Cl)c(C(=O)c2ccc(Cl)c(N)c2)cc1Cl. The van der Waals surface area contributed by atoms with Crippen LogP contribution in [0.25, 0.3) is 0 Å². The molecule has 0 aliphatic carbocycles. The molecule has 0 fully saturated rings. The standard InChI is InChI=1S/C14H10Cl3NO2/c1-20-13-6-10(16)8(5-11(13)17)14(19)7-2-3-9(15)12(18)4-7/h2-6H,18H2,1H3. The summed E-state index contributed by atoms with van der Waals surface area (Å²) in [4.78, 5) is 12.4. The second-order valence-electron chi connectivity index (χ2n) is 4.03. The number of benzene rings is 2. The fraction of sp³-hybridized carbons (Fsp3) is 0.0714. The third-order valence-corrected chi connectivity index (χ3v) is 3.70. The van der Waals surface area contributed by atoms with E-state index in [0.29, 0.717) is 27.0 Å². The number of hydrogen-bond acceptors (Lipinski definition) is 3. The van der Waals surface area contributed by atoms with E-state index in [4.69, 9.17) is 45.3 Å². The molecule has 2 aromatic rings. The van der Waals surface area contributed by atoms with Gasteiger partial charge in [0.2, 0.25) is 0 Å². The van der Waals surface area contributed by atoms with E-state index in [1.165, 1.54) is 25.3 Å². The first kappa shape index (κ1) is 15.0. The molecule has 0 unspecified atom stereocenters. The average Bonchev–Trinajstić information content (AvgIpc) is 2.43. The lowest BCUT2D eigenvalue weighted by Crippen LogP contribution is -2.04. The topological polar surface area (TPSA) is 52.3 Å². The molecule has 0 saturated heterocycles. The molecular formula is C14H10Cl3NO2. The van der Waals surface area contributed by atoms with Gasteiger partial charge in [0.1, 0.15) is 5.75 Å². The summed E-state index contributed by atoms with van der Waals surface area (Å²) >= 11 is 17.9. The Morgan fingerprint density at radius 1 is 1.05 bits per heavy atom. The third-order valence-electron chi connectivity index (χ3n) is 2.74. The molecule has 2 rings (SSSR count). The highest BCUT2D eigenvalue weighted by Gasteiger charge is 2.17. The molecule has 2 N–H and O–H groups in total. The van der Waals surface area contributed by atoms with Crippen molar-refractivity contribution >= 4 is 46.3 Å². The zero-order valence-electron chi connectivity index (χ0n) is 10.4. The van der Waals surface area contributed by atoms with Gasteiger partial charge >= 0.3 is 0 Å². The number of anilines is 1. The lowest BCUT2D eigenvalue weighted by Gasteiger charge is -2.09. The monoisotopic (exact) mass is 329 g/mol. The number of nitrogen functional groups attached to an aromatic ring is 1. The number of halogens is 3. The summed E-state index contributed by atoms with van der Waals surface area (Å²) in [6.07, 6.45) is 0. The quantitative estimate of drug-likeness (QED) is 0.667. The Bertz CT molecular complexity index is 686. The van der Waals surface area contributed by atoms with Gasteiger partial charge in [0.15, 0.2) is 5.78 Å². The minimum Gasteiger partial charge on any atom is -0.495 e. The molecular weight excluding hydrogens is 321 g/mol. The Balaban J connectivity index is 2.48. The Morgan fingerprint density at radius 2 is 1.75 bits per heavy atom. The highest BCUT2D eigenvalue weighted by Crippen LogP contribution is 2.32. The van der Waals surface area contributed by atoms with Crippen LogP contribution in [0.5, 0.6) is 5.75 Å². The van der Waals surface area contributed by atoms with Gasteiger partial charge in [-0.15, -0.1) is 0 Å². The number of ether oxygens (including phenoxy) is 1. The van der Waals surface area contributed by atoms with E-state index in [2.05, 4.69) is 0 Å². The maximum Gasteiger partial charge on any atom is 0.194 e. The van der Waals surface area contributed by atoms with Crippen LogP contribution in [0.15, 0.2) is 30.3 Å². The number of rotatable bonds is 3. The fourth-order valence-corrected chi connectivity index (χ4v) is 2.30. The summed E-state index contributed by atoms with van der Waals surface area (Å²) in [6, 6.07) is 7.60. The van der Waals surface area contributed by atoms with Gasteiger partial charge in [-0.2, -0.15) is 0 Å². The molecule has 0 aliphatic heterocycles. The Labute approximate surface area is 131 Å². The van der Waals surface area contributed by atoms with E-state index in [1.54, 1.807) is 12.1 Å². The third kappa shape index (κ3) is 2.85. The van der Waals surface area contributed by atoms with Crippen molar-refractivity contribution in [1.29, 1.82) is 0 Å². The van der Waals surface area contributed by atoms with Crippen LogP contribution < -0.4 is 10.5 Å². The highest BCUT2D eigenvalue weighted by atomic mass is 35.5. The molecule has 0 aliphatic rings. The van der Waals surface area contributed by atoms with E-state index in [0.717, 1.165) is 0 Å². The zero-order chi connectivity index (χ0) is 14.9. The minimum absolute atomic E-state index is 0.254. The van der Waals surface area contributed by atoms with Crippen molar-refractivity contribution in [2.75, 3.05) is 12.8 Å². The lowest BCUT2D eigenvalue weighted by molar-refractivity contribution is 0.103. The maximum atomic E-state index is 12.4. The predicted octanol–water partition coefficient (Wildman–Crippen LogP) is 4.47. The van der Waals surface area contributed by atoms with Crippen LogP contribution in [0.3, 0.4) is 0 Å². The lowest BCUT2D eigenvalue weighted by atomic mass is 10.0. The molecule has 0 saturated carbocycles. The second-order valence-corrected chi connectivity index (χ2v) is 5.25. The second kappa shape index (κ2) is 5.92. The van der Waals surface area contributed by atoms with Gasteiger partial charge in [-0.1, -0.05) is 34.8 Å². The number of carbonyl (C=O) groups excluding carboxylic acids is 1. The molecule has 20 heavy (non-hydrogen) atoms.